The van der Waals surface area contributed by atoms with Crippen molar-refractivity contribution in [2.45, 2.75) is 25.8 Å². The number of hydrogen-bond donors (Lipinski definition) is 1. The zero-order valence-corrected chi connectivity index (χ0v) is 13.3. The minimum atomic E-state index is -0.117. The van der Waals surface area contributed by atoms with Crippen LogP contribution in [0.15, 0.2) is 34.9 Å². The smallest absolute Gasteiger partial charge is 0.292 e. The summed E-state index contributed by atoms with van der Waals surface area (Å²) in [4.78, 5) is 14.2. The second-order valence-corrected chi connectivity index (χ2v) is 5.47. The summed E-state index contributed by atoms with van der Waals surface area (Å²) < 4.78 is 5.23. The molecule has 0 saturated carbocycles. The highest BCUT2D eigenvalue weighted by atomic mass is 35.5. The molecule has 0 radical (unpaired) electrons. The fourth-order valence-electron chi connectivity index (χ4n) is 2.73. The van der Waals surface area contributed by atoms with Crippen molar-refractivity contribution in [3.05, 3.63) is 41.7 Å². The fourth-order valence-corrected chi connectivity index (χ4v) is 2.73. The van der Waals surface area contributed by atoms with Gasteiger partial charge >= 0.3 is 0 Å². The third kappa shape index (κ3) is 3.15. The summed E-state index contributed by atoms with van der Waals surface area (Å²) in [6, 6.07) is 9.79. The minimum Gasteiger partial charge on any atom is -0.350 e. The van der Waals surface area contributed by atoms with Crippen molar-refractivity contribution >= 4 is 18.3 Å². The van der Waals surface area contributed by atoms with Crippen LogP contribution in [-0.4, -0.2) is 35.1 Å². The largest absolute Gasteiger partial charge is 0.350 e. The fraction of sp³-hybridized carbons (Fsp3) is 0.375. The van der Waals surface area contributed by atoms with E-state index in [0.717, 1.165) is 24.9 Å². The topological polar surface area (TPSA) is 72.4 Å². The van der Waals surface area contributed by atoms with Gasteiger partial charge in [-0.05, 0) is 19.8 Å². The quantitative estimate of drug-likeness (QED) is 0.943. The van der Waals surface area contributed by atoms with Crippen molar-refractivity contribution < 1.29 is 9.32 Å². The van der Waals surface area contributed by atoms with Gasteiger partial charge in [-0.3, -0.25) is 4.79 Å². The van der Waals surface area contributed by atoms with Crippen LogP contribution in [-0.2, 0) is 0 Å². The van der Waals surface area contributed by atoms with Crippen LogP contribution >= 0.6 is 12.4 Å². The number of nitrogens with two attached hydrogens (primary N) is 1. The van der Waals surface area contributed by atoms with Gasteiger partial charge in [0.25, 0.3) is 5.91 Å². The Bertz CT molecular complexity index is 639. The van der Waals surface area contributed by atoms with E-state index in [1.165, 1.54) is 5.56 Å². The first kappa shape index (κ1) is 16.5. The lowest BCUT2D eigenvalue weighted by Crippen LogP contribution is -2.39. The average molecular weight is 322 g/mol. The first-order valence-corrected chi connectivity index (χ1v) is 7.24. The first-order valence-electron chi connectivity index (χ1n) is 7.24. The van der Waals surface area contributed by atoms with Gasteiger partial charge in [-0.25, -0.2) is 0 Å². The number of nitrogens with zero attached hydrogens (tertiary/aromatic N) is 2. The van der Waals surface area contributed by atoms with Gasteiger partial charge in [0.05, 0.1) is 0 Å². The summed E-state index contributed by atoms with van der Waals surface area (Å²) in [6.07, 6.45) is 1.95. The number of carbonyl (C=O) groups excluding carboxylic acids is 1. The number of likely N-dealkylation sites (tertiary alicyclic amines) is 1. The highest BCUT2D eigenvalue weighted by molar-refractivity contribution is 5.92. The molecule has 2 heterocycles. The summed E-state index contributed by atoms with van der Waals surface area (Å²) in [6.45, 7) is 3.26. The van der Waals surface area contributed by atoms with E-state index in [0.29, 0.717) is 12.2 Å². The zero-order valence-electron chi connectivity index (χ0n) is 12.5. The molecule has 1 aromatic carbocycles. The zero-order chi connectivity index (χ0) is 14.8. The van der Waals surface area contributed by atoms with E-state index in [9.17, 15) is 4.79 Å². The molecule has 1 fully saturated rings. The van der Waals surface area contributed by atoms with Gasteiger partial charge in [-0.1, -0.05) is 35.0 Å². The molecule has 1 saturated heterocycles. The lowest BCUT2D eigenvalue weighted by atomic mass is 10.1. The van der Waals surface area contributed by atoms with Gasteiger partial charge in [0.2, 0.25) is 5.76 Å². The standard InChI is InChI=1S/C16H19N3O2.ClH/c1-11-4-6-12(7-5-11)14-9-15(21-18-14)16(20)19-8-2-3-13(19)10-17;/h4-7,9,13H,2-3,8,10,17H2,1H3;1H. The molecule has 1 aliphatic heterocycles. The third-order valence-corrected chi connectivity index (χ3v) is 3.98. The van der Waals surface area contributed by atoms with E-state index in [1.807, 2.05) is 31.2 Å². The van der Waals surface area contributed by atoms with Gasteiger partial charge in [0, 0.05) is 30.8 Å². The number of hydrogen-bond acceptors (Lipinski definition) is 4. The molecule has 1 aromatic heterocycles. The molecule has 1 unspecified atom stereocenters. The van der Waals surface area contributed by atoms with Crippen molar-refractivity contribution in [3.63, 3.8) is 0 Å². The maximum absolute atomic E-state index is 12.5. The Morgan fingerprint density at radius 3 is 2.82 bits per heavy atom. The maximum atomic E-state index is 12.5. The molecule has 2 aromatic rings. The molecular formula is C16H20ClN3O2. The van der Waals surface area contributed by atoms with Crippen LogP contribution < -0.4 is 5.73 Å². The van der Waals surface area contributed by atoms with E-state index in [1.54, 1.807) is 11.0 Å². The molecule has 1 amide bonds. The molecule has 0 aliphatic carbocycles. The molecule has 22 heavy (non-hydrogen) atoms. The van der Waals surface area contributed by atoms with Gasteiger partial charge in [-0.15, -0.1) is 12.4 Å². The molecule has 2 N–H and O–H groups in total. The monoisotopic (exact) mass is 321 g/mol. The van der Waals surface area contributed by atoms with E-state index in [4.69, 9.17) is 10.3 Å². The Morgan fingerprint density at radius 1 is 1.41 bits per heavy atom. The van der Waals surface area contributed by atoms with Crippen LogP contribution in [0.5, 0.6) is 0 Å². The van der Waals surface area contributed by atoms with Crippen LogP contribution in [0.25, 0.3) is 11.3 Å². The van der Waals surface area contributed by atoms with Crippen LogP contribution in [0.3, 0.4) is 0 Å². The van der Waals surface area contributed by atoms with Crippen molar-refractivity contribution in [1.82, 2.24) is 10.1 Å². The Hall–Kier alpha value is -1.85. The molecule has 118 valence electrons. The molecule has 1 aliphatic rings. The van der Waals surface area contributed by atoms with Crippen LogP contribution in [0.2, 0.25) is 0 Å². The third-order valence-electron chi connectivity index (χ3n) is 3.98. The Balaban J connectivity index is 0.00000176. The Morgan fingerprint density at radius 2 is 2.14 bits per heavy atom. The molecule has 1 atom stereocenters. The highest BCUT2D eigenvalue weighted by Gasteiger charge is 2.30. The number of aromatic nitrogens is 1. The number of amides is 1. The summed E-state index contributed by atoms with van der Waals surface area (Å²) >= 11 is 0. The van der Waals surface area contributed by atoms with E-state index < -0.39 is 0 Å². The second kappa shape index (κ2) is 6.94. The van der Waals surface area contributed by atoms with Crippen molar-refractivity contribution in [1.29, 1.82) is 0 Å². The summed E-state index contributed by atoms with van der Waals surface area (Å²) in [5, 5.41) is 4.01. The molecule has 0 bridgehead atoms. The molecule has 6 heteroatoms. The summed E-state index contributed by atoms with van der Waals surface area (Å²) in [5.74, 6) is 0.166. The second-order valence-electron chi connectivity index (χ2n) is 5.47. The minimum absolute atomic E-state index is 0. The van der Waals surface area contributed by atoms with Gasteiger partial charge in [-0.2, -0.15) is 0 Å². The lowest BCUT2D eigenvalue weighted by molar-refractivity contribution is 0.0699. The SMILES string of the molecule is Cc1ccc(-c2cc(C(=O)N3CCCC3CN)on2)cc1.Cl. The van der Waals surface area contributed by atoms with Crippen molar-refractivity contribution in [2.75, 3.05) is 13.1 Å². The summed E-state index contributed by atoms with van der Waals surface area (Å²) in [5.41, 5.74) is 8.52. The van der Waals surface area contributed by atoms with Crippen LogP contribution in [0, 0.1) is 6.92 Å². The first-order chi connectivity index (χ1) is 10.2. The van der Waals surface area contributed by atoms with Gasteiger partial charge in [0.1, 0.15) is 5.69 Å². The highest BCUT2D eigenvalue weighted by Crippen LogP contribution is 2.23. The van der Waals surface area contributed by atoms with Crippen molar-refractivity contribution in [3.8, 4) is 11.3 Å². The summed E-state index contributed by atoms with van der Waals surface area (Å²) in [7, 11) is 0. The normalized spacial score (nSPS) is 17.4. The van der Waals surface area contributed by atoms with E-state index in [2.05, 4.69) is 5.16 Å². The van der Waals surface area contributed by atoms with E-state index in [-0.39, 0.29) is 30.1 Å². The Kier molecular flexibility index (Phi) is 5.21. The number of benzene rings is 1. The average Bonchev–Trinajstić information content (AvgIpc) is 3.16. The molecular weight excluding hydrogens is 302 g/mol. The number of carbonyl (C=O) groups is 1. The van der Waals surface area contributed by atoms with Crippen LogP contribution in [0.1, 0.15) is 29.0 Å². The maximum Gasteiger partial charge on any atom is 0.292 e. The molecule has 3 rings (SSSR count). The van der Waals surface area contributed by atoms with E-state index >= 15 is 0 Å². The van der Waals surface area contributed by atoms with Gasteiger partial charge in [0.15, 0.2) is 0 Å². The lowest BCUT2D eigenvalue weighted by Gasteiger charge is -2.21. The van der Waals surface area contributed by atoms with Crippen LogP contribution in [0.4, 0.5) is 0 Å². The number of halogens is 1. The molecule has 0 spiro atoms. The number of aryl methyl sites for hydroxylation is 1. The predicted molar refractivity (Wildman–Crippen MR) is 87.0 cm³/mol. The Labute approximate surface area is 135 Å². The van der Waals surface area contributed by atoms with Crippen molar-refractivity contribution in [2.24, 2.45) is 5.73 Å². The number of rotatable bonds is 3. The predicted octanol–water partition coefficient (Wildman–Crippen LogP) is 2.64. The van der Waals surface area contributed by atoms with Gasteiger partial charge < -0.3 is 15.2 Å². The molecule has 5 nitrogen and oxygen atoms in total.